The molecule has 0 unspecified atom stereocenters. The molecule has 13 rings (SSSR count). The molecule has 0 fully saturated rings. The van der Waals surface area contributed by atoms with Crippen LogP contribution in [0.4, 0.5) is 34.1 Å². The quantitative estimate of drug-likeness (QED) is 0.147. The van der Waals surface area contributed by atoms with Gasteiger partial charge in [0.05, 0.1) is 25.1 Å². The van der Waals surface area contributed by atoms with Crippen LogP contribution in [0.1, 0.15) is 19.3 Å². The van der Waals surface area contributed by atoms with Gasteiger partial charge in [0.1, 0.15) is 8.07 Å². The van der Waals surface area contributed by atoms with E-state index in [4.69, 9.17) is 8.22 Å². The molecule has 0 aromatic heterocycles. The normalized spacial score (nSPS) is 15.8. The Labute approximate surface area is 402 Å². The van der Waals surface area contributed by atoms with Gasteiger partial charge < -0.3 is 9.80 Å². The van der Waals surface area contributed by atoms with Crippen LogP contribution in [0.15, 0.2) is 236 Å². The topological polar surface area (TPSA) is 6.48 Å². The van der Waals surface area contributed by atoms with Crippen LogP contribution in [0.25, 0.3) is 44.5 Å². The average Bonchev–Trinajstić information content (AvgIpc) is 3.56. The van der Waals surface area contributed by atoms with Gasteiger partial charge >= 0.3 is 0 Å². The van der Waals surface area contributed by atoms with Crippen molar-refractivity contribution < 1.29 is 13.7 Å². The van der Waals surface area contributed by atoms with Gasteiger partial charge in [-0.3, -0.25) is 0 Å². The molecule has 0 saturated carbocycles. The zero-order valence-electron chi connectivity index (χ0n) is 46.2. The van der Waals surface area contributed by atoms with E-state index in [2.05, 4.69) is 96.1 Å². The van der Waals surface area contributed by atoms with Crippen molar-refractivity contribution >= 4 is 80.9 Å². The van der Waals surface area contributed by atoms with Crippen molar-refractivity contribution in [1.29, 1.82) is 0 Å². The molecule has 2 nitrogen and oxygen atoms in total. The molecule has 0 saturated heterocycles. The Bertz CT molecular complexity index is 3830. The maximum atomic E-state index is 9.48. The molecule has 3 heterocycles. The monoisotopic (exact) mass is 866 g/mol. The number of hydrogen-bond donors (Lipinski definition) is 0. The number of para-hydroxylation sites is 2. The number of nitrogens with zero attached hydrogens (tertiary/aromatic N) is 2. The zero-order chi connectivity index (χ0) is 52.6. The molecule has 3 aliphatic heterocycles. The zero-order valence-corrected chi connectivity index (χ0v) is 37.2. The van der Waals surface area contributed by atoms with E-state index in [9.17, 15) is 5.48 Å². The summed E-state index contributed by atoms with van der Waals surface area (Å²) >= 11 is 0. The first kappa shape index (κ1) is 29.5. The van der Waals surface area contributed by atoms with Crippen molar-refractivity contribution in [3.8, 4) is 44.5 Å². The Hall–Kier alpha value is -7.92. The van der Waals surface area contributed by atoms with Crippen LogP contribution in [0.3, 0.4) is 0 Å². The molecule has 0 aliphatic carbocycles. The van der Waals surface area contributed by atoms with E-state index < -0.39 is 44.3 Å². The maximum absolute atomic E-state index is 9.48. The molecule has 0 amide bonds. The summed E-state index contributed by atoms with van der Waals surface area (Å²) in [4.78, 5) is 4.55. The van der Waals surface area contributed by atoms with Crippen molar-refractivity contribution in [3.05, 3.63) is 242 Å². The highest BCUT2D eigenvalue weighted by Gasteiger charge is 2.54. The lowest BCUT2D eigenvalue weighted by molar-refractivity contribution is 1.24. The van der Waals surface area contributed by atoms with Gasteiger partial charge in [-0.15, -0.1) is 0 Å². The summed E-state index contributed by atoms with van der Waals surface area (Å²) in [6, 6.07) is 56.0. The van der Waals surface area contributed by atoms with E-state index >= 15 is 0 Å². The van der Waals surface area contributed by atoms with E-state index in [0.717, 1.165) is 67.0 Å². The molecule has 310 valence electrons. The highest BCUT2D eigenvalue weighted by molar-refractivity contribution is 7.21. The predicted octanol–water partition coefficient (Wildman–Crippen LogP) is 12.2. The lowest BCUT2D eigenvalue weighted by Crippen LogP contribution is -2.83. The Balaban J connectivity index is 1.23. The van der Waals surface area contributed by atoms with Crippen LogP contribution >= 0.6 is 0 Å². The lowest BCUT2D eigenvalue weighted by Gasteiger charge is -2.51. The average molecular weight is 867 g/mol. The summed E-state index contributed by atoms with van der Waals surface area (Å²) in [5.74, 6) is 0. The van der Waals surface area contributed by atoms with Gasteiger partial charge in [0, 0.05) is 45.0 Å². The van der Waals surface area contributed by atoms with Crippen LogP contribution in [-0.2, 0) is 0 Å². The Kier molecular flexibility index (Phi) is 6.75. The molecule has 0 N–H and O–H groups in total. The van der Waals surface area contributed by atoms with Crippen molar-refractivity contribution in [3.63, 3.8) is 0 Å². The van der Waals surface area contributed by atoms with E-state index in [0.29, 0.717) is 22.5 Å². The minimum Gasteiger partial charge on any atom is -0.310 e. The summed E-state index contributed by atoms with van der Waals surface area (Å²) in [7, 11) is -3.01. The fourth-order valence-corrected chi connectivity index (χ4v) is 15.5. The molecule has 66 heavy (non-hydrogen) atoms. The van der Waals surface area contributed by atoms with Gasteiger partial charge in [-0.25, -0.2) is 0 Å². The van der Waals surface area contributed by atoms with E-state index in [-0.39, 0.29) is 42.0 Å². The molecule has 10 aromatic rings. The molecule has 0 atom stereocenters. The Morgan fingerprint density at radius 2 is 0.788 bits per heavy atom. The molecule has 0 radical (unpaired) electrons. The number of hydrogen-bond acceptors (Lipinski definition) is 2. The third kappa shape index (κ3) is 5.61. The second-order valence-corrected chi connectivity index (χ2v) is 21.3. The van der Waals surface area contributed by atoms with Crippen molar-refractivity contribution in [2.75, 3.05) is 9.80 Å². The second-order valence-electron chi connectivity index (χ2n) is 17.4. The summed E-state index contributed by atoms with van der Waals surface area (Å²) in [5, 5.41) is 3.67. The SMILES string of the molecule is [2H]c1c([2H])c([2H])c(-c2cccc(-c3ccccc3)c2N2c3cc(C)cc4c3B3c5c2cccc5[Si](C)(c2ccccc2)c2cccc(c23)N4c2c(-c3ccccc3)cccc2-c2c([2H])c([2H])c([2H])c([2H])c2[2H])c([2H])c1[2H]. The first-order valence-electron chi connectivity index (χ1n) is 27.3. The van der Waals surface area contributed by atoms with Gasteiger partial charge in [-0.1, -0.05) is 229 Å². The fourth-order valence-electron chi connectivity index (χ4n) is 11.2. The first-order chi connectivity index (χ1) is 36.7. The largest absolute Gasteiger partial charge is 0.310 e. The molecule has 10 aromatic carbocycles. The molecular weight excluding hydrogens is 812 g/mol. The number of rotatable bonds is 7. The Morgan fingerprint density at radius 3 is 1.23 bits per heavy atom. The maximum Gasteiger partial charge on any atom is 0.251 e. The molecule has 0 bridgehead atoms. The minimum atomic E-state index is -3.01. The van der Waals surface area contributed by atoms with Crippen LogP contribution in [0.2, 0.25) is 6.55 Å². The van der Waals surface area contributed by atoms with Gasteiger partial charge in [-0.2, -0.15) is 0 Å². The summed E-state index contributed by atoms with van der Waals surface area (Å²) in [5.41, 5.74) is 13.4. The second kappa shape index (κ2) is 15.1. The molecule has 4 heteroatoms. The van der Waals surface area contributed by atoms with E-state index in [1.807, 2.05) is 103 Å². The van der Waals surface area contributed by atoms with Gasteiger partial charge in [-0.05, 0) is 80.6 Å². The number of aryl methyl sites for hydroxylation is 1. The van der Waals surface area contributed by atoms with Gasteiger partial charge in [0.2, 0.25) is 0 Å². The predicted molar refractivity (Wildman–Crippen MR) is 284 cm³/mol. The minimum absolute atomic E-state index is 0.0880. The van der Waals surface area contributed by atoms with Crippen LogP contribution in [0, 0.1) is 6.92 Å². The van der Waals surface area contributed by atoms with E-state index in [1.54, 1.807) is 0 Å². The molecule has 0 spiro atoms. The highest BCUT2D eigenvalue weighted by Crippen LogP contribution is 2.52. The van der Waals surface area contributed by atoms with Crippen LogP contribution in [-0.4, -0.2) is 14.8 Å². The lowest BCUT2D eigenvalue weighted by atomic mass is 9.33. The number of benzene rings is 10. The molecule has 3 aliphatic rings. The number of anilines is 6. The van der Waals surface area contributed by atoms with Crippen LogP contribution < -0.4 is 41.7 Å². The third-order valence-corrected chi connectivity index (χ3v) is 18.4. The Morgan fingerprint density at radius 1 is 0.394 bits per heavy atom. The summed E-state index contributed by atoms with van der Waals surface area (Å²) < 4.78 is 91.0. The molecular formula is C62H45BN2Si. The van der Waals surface area contributed by atoms with E-state index in [1.165, 1.54) is 15.6 Å². The van der Waals surface area contributed by atoms with Gasteiger partial charge in [0.15, 0.2) is 0 Å². The fraction of sp³-hybridized carbons (Fsp3) is 0.0323. The highest BCUT2D eigenvalue weighted by atomic mass is 28.3. The van der Waals surface area contributed by atoms with Crippen LogP contribution in [0.5, 0.6) is 0 Å². The van der Waals surface area contributed by atoms with Gasteiger partial charge in [0.25, 0.3) is 6.71 Å². The third-order valence-electron chi connectivity index (χ3n) is 13.9. The first-order valence-corrected chi connectivity index (χ1v) is 24.8. The van der Waals surface area contributed by atoms with Crippen molar-refractivity contribution in [1.82, 2.24) is 0 Å². The summed E-state index contributed by atoms with van der Waals surface area (Å²) in [6.45, 7) is 4.16. The smallest absolute Gasteiger partial charge is 0.251 e. The summed E-state index contributed by atoms with van der Waals surface area (Å²) in [6.07, 6.45) is 0. The standard InChI is InChI=1S/C62H45BN2Si/c1-42-40-54-58-55(41-42)65(62-50(45-26-12-5-13-27-45)34-19-35-51(62)46-28-14-6-15-29-46)53-37-21-39-57-60(53)63(58)59-52(36-20-38-56(59)66(57,2)47-30-16-7-17-31-47)64(54)61-48(43-22-8-3-9-23-43)32-18-33-49(61)44-24-10-4-11-25-44/h3-41H,1-2H3/i3D,5D,8D,9D,12D,13D,22D,23D,26D,27D. The van der Waals surface area contributed by atoms with Crippen molar-refractivity contribution in [2.45, 2.75) is 13.5 Å². The van der Waals surface area contributed by atoms with Crippen molar-refractivity contribution in [2.24, 2.45) is 0 Å².